The number of hydrogen-bond donors (Lipinski definition) is 0. The Bertz CT molecular complexity index is 660. The number of rotatable bonds is 0. The highest BCUT2D eigenvalue weighted by atomic mass is 16.5. The molecule has 0 bridgehead atoms. The van der Waals surface area contributed by atoms with E-state index in [0.717, 1.165) is 16.2 Å². The largest absolute Gasteiger partial charge is 0.581 e. The lowest BCUT2D eigenvalue weighted by Crippen LogP contribution is -2.58. The van der Waals surface area contributed by atoms with Crippen LogP contribution in [0.15, 0.2) is 42.0 Å². The molecule has 1 aromatic carbocycles. The van der Waals surface area contributed by atoms with Crippen molar-refractivity contribution in [2.75, 3.05) is 0 Å². The monoisotopic (exact) mass is 278 g/mol. The van der Waals surface area contributed by atoms with E-state index in [2.05, 4.69) is 23.7 Å². The van der Waals surface area contributed by atoms with Crippen LogP contribution in [0.1, 0.15) is 39.7 Å². The Labute approximate surface area is 127 Å². The summed E-state index contributed by atoms with van der Waals surface area (Å²) in [4.78, 5) is 0. The molecule has 0 amide bonds. The first kappa shape index (κ1) is 15.4. The lowest BCUT2D eigenvalue weighted by atomic mass is 9.83. The molecular weight excluding hydrogens is 258 g/mol. The van der Waals surface area contributed by atoms with E-state index in [0.29, 0.717) is 6.42 Å². The first-order valence-corrected chi connectivity index (χ1v) is 7.07. The molecule has 0 saturated carbocycles. The molecule has 0 unspecified atom stereocenters. The van der Waals surface area contributed by atoms with Crippen LogP contribution in [0.4, 0.5) is 0 Å². The van der Waals surface area contributed by atoms with Crippen LogP contribution in [0.25, 0.3) is 0 Å². The normalized spacial score (nSPS) is 19.6. The molecule has 1 aromatic rings. The van der Waals surface area contributed by atoms with Gasteiger partial charge in [0, 0.05) is 17.6 Å². The molecule has 21 heavy (non-hydrogen) atoms. The Balaban J connectivity index is 2.18. The summed E-state index contributed by atoms with van der Waals surface area (Å²) in [6, 6.07) is 9.78. The third kappa shape index (κ3) is 3.76. The molecule has 0 aliphatic carbocycles. The highest BCUT2D eigenvalue weighted by Gasteiger charge is 2.44. The van der Waals surface area contributed by atoms with E-state index >= 15 is 0 Å². The summed E-state index contributed by atoms with van der Waals surface area (Å²) in [5.41, 5.74) is 0.976. The zero-order valence-electron chi connectivity index (χ0n) is 13.0. The molecule has 0 aromatic heterocycles. The van der Waals surface area contributed by atoms with Gasteiger partial charge in [0.05, 0.1) is 0 Å². The number of hydrogen-bond acceptors (Lipinski definition) is 2. The SMILES string of the molecule is CC1(C)C=C(C#CC#Cc2ccccc2)CC(C)(C)[N+]1[O-]. The second kappa shape index (κ2) is 5.78. The molecule has 0 N–H and O–H groups in total. The van der Waals surface area contributed by atoms with E-state index in [9.17, 15) is 5.21 Å². The topological polar surface area (TPSA) is 29.0 Å². The summed E-state index contributed by atoms with van der Waals surface area (Å²) < 4.78 is 0. The van der Waals surface area contributed by atoms with E-state index < -0.39 is 11.1 Å². The van der Waals surface area contributed by atoms with Gasteiger partial charge in [-0.2, -0.15) is 5.06 Å². The van der Waals surface area contributed by atoms with E-state index in [1.807, 2.05) is 64.1 Å². The number of nitrogens with zero attached hydrogens (tertiary/aromatic N) is 1. The average Bonchev–Trinajstić information content (AvgIpc) is 2.42. The van der Waals surface area contributed by atoms with Crippen molar-refractivity contribution in [1.29, 1.82) is 0 Å². The van der Waals surface area contributed by atoms with Crippen molar-refractivity contribution in [3.8, 4) is 23.7 Å². The van der Waals surface area contributed by atoms with Gasteiger partial charge in [0.15, 0.2) is 5.54 Å². The van der Waals surface area contributed by atoms with E-state index in [1.54, 1.807) is 0 Å². The van der Waals surface area contributed by atoms with Crippen molar-refractivity contribution in [3.63, 3.8) is 0 Å². The number of hydroxylamine groups is 2. The van der Waals surface area contributed by atoms with Crippen LogP contribution in [0, 0.1) is 28.9 Å². The van der Waals surface area contributed by atoms with Gasteiger partial charge in [0.1, 0.15) is 5.54 Å². The Morgan fingerprint density at radius 2 is 1.62 bits per heavy atom. The molecule has 107 valence electrons. The summed E-state index contributed by atoms with van der Waals surface area (Å²) in [6.07, 6.45) is 2.60. The van der Waals surface area contributed by atoms with Crippen molar-refractivity contribution in [2.45, 2.75) is 45.2 Å². The second-order valence-electron chi connectivity index (χ2n) is 6.47. The van der Waals surface area contributed by atoms with Crippen molar-refractivity contribution >= 4 is 0 Å². The molecule has 1 aliphatic rings. The third-order valence-corrected chi connectivity index (χ3v) is 3.49. The van der Waals surface area contributed by atoms with Crippen molar-refractivity contribution in [2.24, 2.45) is 0 Å². The lowest BCUT2D eigenvalue weighted by Gasteiger charge is -2.43. The van der Waals surface area contributed by atoms with Gasteiger partial charge in [-0.05, 0) is 57.7 Å². The zero-order chi connectivity index (χ0) is 15.5. The van der Waals surface area contributed by atoms with E-state index in [4.69, 9.17) is 0 Å². The van der Waals surface area contributed by atoms with E-state index in [-0.39, 0.29) is 0 Å². The van der Waals surface area contributed by atoms with Gasteiger partial charge in [-0.15, -0.1) is 0 Å². The molecule has 1 radical (unpaired) electrons. The maximum absolute atomic E-state index is 12.2. The van der Waals surface area contributed by atoms with Crippen molar-refractivity contribution < 1.29 is 0 Å². The van der Waals surface area contributed by atoms with Gasteiger partial charge in [-0.1, -0.05) is 30.0 Å². The summed E-state index contributed by atoms with van der Waals surface area (Å²) in [7, 11) is 0. The predicted octanol–water partition coefficient (Wildman–Crippen LogP) is 3.57. The molecule has 0 saturated heterocycles. The molecule has 0 fully saturated rings. The van der Waals surface area contributed by atoms with Gasteiger partial charge >= 0.3 is 0 Å². The van der Waals surface area contributed by atoms with Crippen LogP contribution < -0.4 is 5.06 Å². The van der Waals surface area contributed by atoms with E-state index in [1.165, 1.54) is 0 Å². The predicted molar refractivity (Wildman–Crippen MR) is 87.5 cm³/mol. The molecule has 2 heteroatoms. The fraction of sp³-hybridized carbons (Fsp3) is 0.368. The zero-order valence-corrected chi connectivity index (χ0v) is 13.0. The third-order valence-electron chi connectivity index (χ3n) is 3.49. The first-order chi connectivity index (χ1) is 9.81. The Morgan fingerprint density at radius 1 is 1.00 bits per heavy atom. The standard InChI is InChI=1S/C19H20NO/c1-18(2)14-17(15-19(3,4)20(18)21)13-9-8-12-16-10-6-5-7-11-16/h5-7,10-11,14H,15H2,1-4H3. The van der Waals surface area contributed by atoms with Crippen LogP contribution in [0.5, 0.6) is 0 Å². The summed E-state index contributed by atoms with van der Waals surface area (Å²) in [5.74, 6) is 11.9. The molecular formula is C19H20NO. The minimum absolute atomic E-state index is 0.435. The van der Waals surface area contributed by atoms with Crippen molar-refractivity contribution in [1.82, 2.24) is 5.06 Å². The summed E-state index contributed by atoms with van der Waals surface area (Å²) in [5, 5.41) is 13.4. The van der Waals surface area contributed by atoms with Crippen LogP contribution >= 0.6 is 0 Å². The molecule has 1 heterocycles. The molecule has 2 rings (SSSR count). The van der Waals surface area contributed by atoms with Gasteiger partial charge in [-0.25, -0.2) is 0 Å². The summed E-state index contributed by atoms with van der Waals surface area (Å²) >= 11 is 0. The van der Waals surface area contributed by atoms with Crippen LogP contribution in [0.3, 0.4) is 0 Å². The van der Waals surface area contributed by atoms with Crippen LogP contribution in [-0.4, -0.2) is 11.1 Å². The van der Waals surface area contributed by atoms with Gasteiger partial charge in [0.25, 0.3) is 0 Å². The fourth-order valence-electron chi connectivity index (χ4n) is 2.67. The maximum Gasteiger partial charge on any atom is 0.157 e. The lowest BCUT2D eigenvalue weighted by molar-refractivity contribution is 0.188. The molecule has 0 atom stereocenters. The van der Waals surface area contributed by atoms with Crippen LogP contribution in [0.2, 0.25) is 0 Å². The average molecular weight is 278 g/mol. The van der Waals surface area contributed by atoms with Gasteiger partial charge < -0.3 is 5.21 Å². The highest BCUT2D eigenvalue weighted by Crippen LogP contribution is 2.33. The minimum atomic E-state index is -0.529. The maximum atomic E-state index is 12.2. The molecule has 2 nitrogen and oxygen atoms in total. The fourth-order valence-corrected chi connectivity index (χ4v) is 2.67. The van der Waals surface area contributed by atoms with Gasteiger partial charge in [0.2, 0.25) is 0 Å². The Morgan fingerprint density at radius 3 is 2.24 bits per heavy atom. The second-order valence-corrected chi connectivity index (χ2v) is 6.47. The van der Waals surface area contributed by atoms with Gasteiger partial charge in [-0.3, -0.25) is 0 Å². The summed E-state index contributed by atoms with van der Waals surface area (Å²) in [6.45, 7) is 7.73. The Kier molecular flexibility index (Phi) is 4.24. The first-order valence-electron chi connectivity index (χ1n) is 7.07. The van der Waals surface area contributed by atoms with Crippen LogP contribution in [-0.2, 0) is 0 Å². The Hall–Kier alpha value is -2.00. The minimum Gasteiger partial charge on any atom is -0.581 e. The molecule has 1 aliphatic heterocycles. The molecule has 0 spiro atoms. The smallest absolute Gasteiger partial charge is 0.157 e. The quantitative estimate of drug-likeness (QED) is 0.405. The van der Waals surface area contributed by atoms with Crippen molar-refractivity contribution in [3.05, 3.63) is 52.8 Å². The number of benzene rings is 1. The highest BCUT2D eigenvalue weighted by molar-refractivity contribution is 5.45.